The molecule has 0 amide bonds. The van der Waals surface area contributed by atoms with E-state index in [4.69, 9.17) is 16.7 Å². The van der Waals surface area contributed by atoms with Crippen molar-refractivity contribution < 1.29 is 5.11 Å². The van der Waals surface area contributed by atoms with Crippen LogP contribution >= 0.6 is 11.6 Å². The maximum atomic E-state index is 8.74. The fraction of sp³-hybridized carbons (Fsp3) is 0.333. The van der Waals surface area contributed by atoms with E-state index in [0.29, 0.717) is 5.88 Å². The number of hydrogen-bond acceptors (Lipinski definition) is 1. The van der Waals surface area contributed by atoms with Gasteiger partial charge in [-0.05, 0) is 24.5 Å². The monoisotopic (exact) mass is 208 g/mol. The molecule has 1 rings (SSSR count). The molecule has 0 aliphatic rings. The summed E-state index contributed by atoms with van der Waals surface area (Å²) >= 11 is 5.49. The van der Waals surface area contributed by atoms with Crippen molar-refractivity contribution >= 4 is 11.6 Å². The molecule has 0 saturated heterocycles. The van der Waals surface area contributed by atoms with Gasteiger partial charge in [0.1, 0.15) is 0 Å². The third kappa shape index (κ3) is 3.41. The lowest BCUT2D eigenvalue weighted by molar-refractivity contribution is 0.288. The SMILES string of the molecule is OCCCc1ccccc1C#CCCl. The number of aliphatic hydroxyl groups is 1. The van der Waals surface area contributed by atoms with Crippen molar-refractivity contribution in [3.8, 4) is 11.8 Å². The van der Waals surface area contributed by atoms with E-state index in [-0.39, 0.29) is 6.61 Å². The van der Waals surface area contributed by atoms with Gasteiger partial charge in [-0.2, -0.15) is 0 Å². The summed E-state index contributed by atoms with van der Waals surface area (Å²) in [6, 6.07) is 7.96. The number of rotatable bonds is 3. The first-order valence-electron chi connectivity index (χ1n) is 4.62. The van der Waals surface area contributed by atoms with E-state index in [9.17, 15) is 0 Å². The average Bonchev–Trinajstić information content (AvgIpc) is 2.24. The minimum atomic E-state index is 0.220. The second-order valence-corrected chi connectivity index (χ2v) is 3.19. The van der Waals surface area contributed by atoms with Gasteiger partial charge in [0, 0.05) is 12.2 Å². The molecule has 1 N–H and O–H groups in total. The van der Waals surface area contributed by atoms with Gasteiger partial charge in [-0.3, -0.25) is 0 Å². The normalized spacial score (nSPS) is 9.29. The fourth-order valence-corrected chi connectivity index (χ4v) is 1.33. The van der Waals surface area contributed by atoms with E-state index >= 15 is 0 Å². The second kappa shape index (κ2) is 6.48. The van der Waals surface area contributed by atoms with Gasteiger partial charge in [0.05, 0.1) is 5.88 Å². The number of halogens is 1. The van der Waals surface area contributed by atoms with Crippen LogP contribution in [0.5, 0.6) is 0 Å². The summed E-state index contributed by atoms with van der Waals surface area (Å²) in [6.07, 6.45) is 1.64. The van der Waals surface area contributed by atoms with Crippen LogP contribution in [0.4, 0.5) is 0 Å². The zero-order chi connectivity index (χ0) is 10.2. The molecule has 0 unspecified atom stereocenters. The summed E-state index contributed by atoms with van der Waals surface area (Å²) in [5.41, 5.74) is 2.20. The Kier molecular flexibility index (Phi) is 5.14. The Balaban J connectivity index is 2.80. The summed E-state index contributed by atoms with van der Waals surface area (Å²) < 4.78 is 0. The molecule has 2 heteroatoms. The van der Waals surface area contributed by atoms with Gasteiger partial charge < -0.3 is 5.11 Å². The Morgan fingerprint density at radius 1 is 1.29 bits per heavy atom. The van der Waals surface area contributed by atoms with Crippen molar-refractivity contribution in [1.29, 1.82) is 0 Å². The lowest BCUT2D eigenvalue weighted by atomic mass is 10.0. The summed E-state index contributed by atoms with van der Waals surface area (Å²) in [7, 11) is 0. The molecular weight excluding hydrogens is 196 g/mol. The zero-order valence-corrected chi connectivity index (χ0v) is 8.72. The largest absolute Gasteiger partial charge is 0.396 e. The standard InChI is InChI=1S/C12H13ClO/c13-9-3-7-11-5-1-2-6-12(11)8-4-10-14/h1-2,5-6,14H,4,8-10H2. The van der Waals surface area contributed by atoms with Crippen LogP contribution in [0.1, 0.15) is 17.5 Å². The molecule has 1 aromatic rings. The molecule has 0 saturated carbocycles. The molecule has 0 aliphatic carbocycles. The van der Waals surface area contributed by atoms with Crippen molar-refractivity contribution in [3.05, 3.63) is 35.4 Å². The number of benzene rings is 1. The van der Waals surface area contributed by atoms with Crippen molar-refractivity contribution in [2.45, 2.75) is 12.8 Å². The summed E-state index contributed by atoms with van der Waals surface area (Å²) in [5, 5.41) is 8.74. The number of aliphatic hydroxyl groups excluding tert-OH is 1. The third-order valence-electron chi connectivity index (χ3n) is 1.91. The minimum absolute atomic E-state index is 0.220. The highest BCUT2D eigenvalue weighted by Gasteiger charge is 1.97. The molecule has 1 aromatic carbocycles. The molecule has 1 nitrogen and oxygen atoms in total. The van der Waals surface area contributed by atoms with Crippen molar-refractivity contribution in [3.63, 3.8) is 0 Å². The molecule has 74 valence electrons. The first kappa shape index (κ1) is 11.1. The van der Waals surface area contributed by atoms with Gasteiger partial charge in [-0.15, -0.1) is 11.6 Å². The van der Waals surface area contributed by atoms with Crippen LogP contribution in [-0.2, 0) is 6.42 Å². The van der Waals surface area contributed by atoms with E-state index in [1.165, 1.54) is 5.56 Å². The maximum Gasteiger partial charge on any atom is 0.0839 e. The lowest BCUT2D eigenvalue weighted by Crippen LogP contribution is -1.92. The van der Waals surface area contributed by atoms with Crippen molar-refractivity contribution in [2.24, 2.45) is 0 Å². The van der Waals surface area contributed by atoms with Crippen LogP contribution in [-0.4, -0.2) is 17.6 Å². The molecule has 0 fully saturated rings. The predicted molar refractivity (Wildman–Crippen MR) is 59.4 cm³/mol. The van der Waals surface area contributed by atoms with E-state index in [1.54, 1.807) is 0 Å². The van der Waals surface area contributed by atoms with Crippen LogP contribution in [0.15, 0.2) is 24.3 Å². The van der Waals surface area contributed by atoms with E-state index in [0.717, 1.165) is 18.4 Å². The zero-order valence-electron chi connectivity index (χ0n) is 7.96. The van der Waals surface area contributed by atoms with E-state index in [2.05, 4.69) is 11.8 Å². The van der Waals surface area contributed by atoms with Crippen molar-refractivity contribution in [2.75, 3.05) is 12.5 Å². The highest BCUT2D eigenvalue weighted by Crippen LogP contribution is 2.09. The summed E-state index contributed by atoms with van der Waals surface area (Å²) in [4.78, 5) is 0. The smallest absolute Gasteiger partial charge is 0.0839 e. The predicted octanol–water partition coefficient (Wildman–Crippen LogP) is 2.20. The number of hydrogen-bond donors (Lipinski definition) is 1. The lowest BCUT2D eigenvalue weighted by Gasteiger charge is -2.02. The molecule has 0 radical (unpaired) electrons. The van der Waals surface area contributed by atoms with Gasteiger partial charge in [-0.25, -0.2) is 0 Å². The molecule has 0 aromatic heterocycles. The highest BCUT2D eigenvalue weighted by molar-refractivity contribution is 6.19. The van der Waals surface area contributed by atoms with Crippen molar-refractivity contribution in [1.82, 2.24) is 0 Å². The Labute approximate surface area is 89.7 Å². The summed E-state index contributed by atoms with van der Waals surface area (Å²) in [5.74, 6) is 6.20. The molecule has 14 heavy (non-hydrogen) atoms. The van der Waals surface area contributed by atoms with E-state index < -0.39 is 0 Å². The Bertz CT molecular complexity index is 336. The van der Waals surface area contributed by atoms with Crippen LogP contribution in [0, 0.1) is 11.8 Å². The molecule has 0 spiro atoms. The Morgan fingerprint density at radius 2 is 2.07 bits per heavy atom. The van der Waals surface area contributed by atoms with Crippen LogP contribution < -0.4 is 0 Å². The minimum Gasteiger partial charge on any atom is -0.396 e. The topological polar surface area (TPSA) is 20.2 Å². The molecule has 0 bridgehead atoms. The molecule has 0 aliphatic heterocycles. The quantitative estimate of drug-likeness (QED) is 0.597. The Hall–Kier alpha value is -0.970. The van der Waals surface area contributed by atoms with E-state index in [1.807, 2.05) is 24.3 Å². The fourth-order valence-electron chi connectivity index (χ4n) is 1.26. The molecule has 0 atom stereocenters. The summed E-state index contributed by atoms with van der Waals surface area (Å²) in [6.45, 7) is 0.220. The van der Waals surface area contributed by atoms with Crippen LogP contribution in [0.25, 0.3) is 0 Å². The maximum absolute atomic E-state index is 8.74. The number of alkyl halides is 1. The average molecular weight is 209 g/mol. The van der Waals surface area contributed by atoms with Gasteiger partial charge >= 0.3 is 0 Å². The highest BCUT2D eigenvalue weighted by atomic mass is 35.5. The third-order valence-corrected chi connectivity index (χ3v) is 2.05. The Morgan fingerprint density at radius 3 is 2.79 bits per heavy atom. The van der Waals surface area contributed by atoms with Crippen LogP contribution in [0.2, 0.25) is 0 Å². The number of aryl methyl sites for hydroxylation is 1. The van der Waals surface area contributed by atoms with Gasteiger partial charge in [0.2, 0.25) is 0 Å². The first-order valence-corrected chi connectivity index (χ1v) is 5.15. The second-order valence-electron chi connectivity index (χ2n) is 2.92. The van der Waals surface area contributed by atoms with Crippen LogP contribution in [0.3, 0.4) is 0 Å². The van der Waals surface area contributed by atoms with Gasteiger partial charge in [-0.1, -0.05) is 30.0 Å². The first-order chi connectivity index (χ1) is 6.88. The van der Waals surface area contributed by atoms with Gasteiger partial charge in [0.25, 0.3) is 0 Å². The molecular formula is C12H13ClO. The molecule has 0 heterocycles. The van der Waals surface area contributed by atoms with Gasteiger partial charge in [0.15, 0.2) is 0 Å².